The zero-order chi connectivity index (χ0) is 15.8. The standard InChI is InChI=1S/C16H17N3O4/c20-10-4-12(17-6-10)16(21)18-5-9-1-2-11-14(3-9)22-7-13-15(11)23-8-19-13/h1-3,8,10,12,17,20H,4-7H2,(H,18,21)/t10-,12+/m1/s1. The first kappa shape index (κ1) is 14.2. The number of nitrogens with one attached hydrogen (secondary N) is 2. The van der Waals surface area contributed by atoms with Gasteiger partial charge >= 0.3 is 0 Å². The maximum absolute atomic E-state index is 12.0. The first-order chi connectivity index (χ1) is 11.2. The van der Waals surface area contributed by atoms with Gasteiger partial charge in [-0.15, -0.1) is 0 Å². The Morgan fingerprint density at radius 2 is 2.39 bits per heavy atom. The van der Waals surface area contributed by atoms with Gasteiger partial charge in [0.05, 0.1) is 17.7 Å². The molecule has 1 amide bonds. The molecule has 2 aromatic rings. The van der Waals surface area contributed by atoms with E-state index in [4.69, 9.17) is 9.15 Å². The summed E-state index contributed by atoms with van der Waals surface area (Å²) in [6.45, 7) is 1.26. The number of rotatable bonds is 3. The van der Waals surface area contributed by atoms with Gasteiger partial charge in [0, 0.05) is 13.1 Å². The summed E-state index contributed by atoms with van der Waals surface area (Å²) in [6.07, 6.45) is 1.42. The van der Waals surface area contributed by atoms with Crippen LogP contribution in [0.3, 0.4) is 0 Å². The molecule has 0 saturated carbocycles. The molecule has 7 nitrogen and oxygen atoms in total. The third-order valence-electron chi connectivity index (χ3n) is 4.19. The Morgan fingerprint density at radius 1 is 1.48 bits per heavy atom. The number of benzene rings is 1. The summed E-state index contributed by atoms with van der Waals surface area (Å²) < 4.78 is 11.1. The Labute approximate surface area is 132 Å². The molecule has 23 heavy (non-hydrogen) atoms. The van der Waals surface area contributed by atoms with Crippen LogP contribution >= 0.6 is 0 Å². The first-order valence-corrected chi connectivity index (χ1v) is 7.58. The average molecular weight is 315 g/mol. The van der Waals surface area contributed by atoms with Crippen LogP contribution in [0.15, 0.2) is 29.0 Å². The maximum Gasteiger partial charge on any atom is 0.237 e. The van der Waals surface area contributed by atoms with Gasteiger partial charge in [0.15, 0.2) is 12.2 Å². The van der Waals surface area contributed by atoms with Crippen LogP contribution < -0.4 is 15.4 Å². The Bertz CT molecular complexity index is 743. The second-order valence-corrected chi connectivity index (χ2v) is 5.82. The number of carbonyl (C=O) groups excluding carboxylic acids is 1. The van der Waals surface area contributed by atoms with Crippen molar-refractivity contribution < 1.29 is 19.1 Å². The molecule has 2 atom stereocenters. The fourth-order valence-electron chi connectivity index (χ4n) is 2.95. The van der Waals surface area contributed by atoms with Crippen molar-refractivity contribution in [2.45, 2.75) is 31.7 Å². The highest BCUT2D eigenvalue weighted by Crippen LogP contribution is 2.37. The number of carbonyl (C=O) groups is 1. The van der Waals surface area contributed by atoms with Gasteiger partial charge in [-0.25, -0.2) is 4.98 Å². The number of β-amino-alcohol motifs (C(OH)–C–C–N with tert-alkyl or cyclic N) is 1. The van der Waals surface area contributed by atoms with Crippen LogP contribution in [-0.4, -0.2) is 34.7 Å². The van der Waals surface area contributed by atoms with Crippen molar-refractivity contribution in [2.24, 2.45) is 0 Å². The van der Waals surface area contributed by atoms with Gasteiger partial charge in [-0.05, 0) is 24.1 Å². The molecule has 1 fully saturated rings. The molecular weight excluding hydrogens is 298 g/mol. The van der Waals surface area contributed by atoms with E-state index < -0.39 is 6.10 Å². The highest BCUT2D eigenvalue weighted by atomic mass is 16.5. The molecule has 4 rings (SSSR count). The summed E-state index contributed by atoms with van der Waals surface area (Å²) in [4.78, 5) is 16.2. The molecule has 1 aromatic heterocycles. The number of hydrogen-bond donors (Lipinski definition) is 3. The van der Waals surface area contributed by atoms with Gasteiger partial charge < -0.3 is 24.9 Å². The van der Waals surface area contributed by atoms with Gasteiger partial charge in [0.2, 0.25) is 5.91 Å². The first-order valence-electron chi connectivity index (χ1n) is 7.58. The number of oxazole rings is 1. The van der Waals surface area contributed by atoms with Crippen LogP contribution in [-0.2, 0) is 17.9 Å². The molecule has 120 valence electrons. The highest BCUT2D eigenvalue weighted by molar-refractivity contribution is 5.82. The second-order valence-electron chi connectivity index (χ2n) is 5.82. The molecule has 3 N–H and O–H groups in total. The number of aliphatic hydroxyl groups is 1. The van der Waals surface area contributed by atoms with Crippen LogP contribution in [0.25, 0.3) is 11.3 Å². The van der Waals surface area contributed by atoms with Crippen molar-refractivity contribution in [2.75, 3.05) is 6.54 Å². The third kappa shape index (κ3) is 2.69. The Morgan fingerprint density at radius 3 is 3.22 bits per heavy atom. The summed E-state index contributed by atoms with van der Waals surface area (Å²) in [6, 6.07) is 5.42. The number of aromatic nitrogens is 1. The molecule has 7 heteroatoms. The maximum atomic E-state index is 12.0. The third-order valence-corrected chi connectivity index (χ3v) is 4.19. The van der Waals surface area contributed by atoms with Gasteiger partial charge in [0.1, 0.15) is 18.1 Å². The summed E-state index contributed by atoms with van der Waals surface area (Å²) in [5.74, 6) is 1.37. The lowest BCUT2D eigenvalue weighted by Crippen LogP contribution is -2.40. The number of fused-ring (bicyclic) bond motifs is 3. The average Bonchev–Trinajstić information content (AvgIpc) is 3.21. The number of amides is 1. The molecule has 1 aromatic carbocycles. The van der Waals surface area contributed by atoms with E-state index in [2.05, 4.69) is 15.6 Å². The SMILES string of the molecule is O=C(NCc1ccc2c(c1)OCc1ncoc1-2)[C@@H]1C[C@@H](O)CN1. The Balaban J connectivity index is 1.44. The quantitative estimate of drug-likeness (QED) is 0.766. The molecule has 2 aliphatic heterocycles. The number of ether oxygens (including phenoxy) is 1. The predicted octanol–water partition coefficient (Wildman–Crippen LogP) is 0.573. The van der Waals surface area contributed by atoms with Crippen LogP contribution in [0.1, 0.15) is 17.7 Å². The predicted molar refractivity (Wildman–Crippen MR) is 80.5 cm³/mol. The number of nitrogens with zero attached hydrogens (tertiary/aromatic N) is 1. The largest absolute Gasteiger partial charge is 0.486 e. The molecule has 0 bridgehead atoms. The monoisotopic (exact) mass is 315 g/mol. The molecule has 0 unspecified atom stereocenters. The minimum Gasteiger partial charge on any atom is -0.486 e. The van der Waals surface area contributed by atoms with Gasteiger partial charge in [-0.3, -0.25) is 4.79 Å². The van der Waals surface area contributed by atoms with Crippen molar-refractivity contribution in [1.82, 2.24) is 15.6 Å². The zero-order valence-electron chi connectivity index (χ0n) is 12.4. The summed E-state index contributed by atoms with van der Waals surface area (Å²) in [7, 11) is 0. The Kier molecular flexibility index (Phi) is 3.51. The van der Waals surface area contributed by atoms with E-state index in [-0.39, 0.29) is 11.9 Å². The van der Waals surface area contributed by atoms with E-state index in [9.17, 15) is 9.90 Å². The molecule has 0 spiro atoms. The normalized spacial score (nSPS) is 22.1. The van der Waals surface area contributed by atoms with E-state index in [0.29, 0.717) is 26.1 Å². The van der Waals surface area contributed by atoms with E-state index in [0.717, 1.165) is 28.3 Å². The molecule has 0 aliphatic carbocycles. The Hall–Kier alpha value is -2.38. The molecule has 1 saturated heterocycles. The summed E-state index contributed by atoms with van der Waals surface area (Å²) >= 11 is 0. The number of aliphatic hydroxyl groups excluding tert-OH is 1. The van der Waals surface area contributed by atoms with Crippen LogP contribution in [0.5, 0.6) is 5.75 Å². The fourth-order valence-corrected chi connectivity index (χ4v) is 2.95. The van der Waals surface area contributed by atoms with Crippen molar-refractivity contribution in [1.29, 1.82) is 0 Å². The topological polar surface area (TPSA) is 96.6 Å². The van der Waals surface area contributed by atoms with Crippen molar-refractivity contribution in [3.63, 3.8) is 0 Å². The van der Waals surface area contributed by atoms with E-state index in [1.807, 2.05) is 18.2 Å². The lowest BCUT2D eigenvalue weighted by atomic mass is 10.0. The summed E-state index contributed by atoms with van der Waals surface area (Å²) in [5.41, 5.74) is 2.61. The van der Waals surface area contributed by atoms with E-state index in [1.165, 1.54) is 6.39 Å². The van der Waals surface area contributed by atoms with Gasteiger partial charge in [0.25, 0.3) is 0 Å². The van der Waals surface area contributed by atoms with Crippen LogP contribution in [0.2, 0.25) is 0 Å². The lowest BCUT2D eigenvalue weighted by molar-refractivity contribution is -0.123. The van der Waals surface area contributed by atoms with Crippen molar-refractivity contribution in [3.8, 4) is 17.1 Å². The highest BCUT2D eigenvalue weighted by Gasteiger charge is 2.28. The lowest BCUT2D eigenvalue weighted by Gasteiger charge is -2.17. The molecule has 2 aliphatic rings. The fraction of sp³-hybridized carbons (Fsp3) is 0.375. The van der Waals surface area contributed by atoms with Gasteiger partial charge in [-0.2, -0.15) is 0 Å². The number of hydrogen-bond acceptors (Lipinski definition) is 6. The van der Waals surface area contributed by atoms with Gasteiger partial charge in [-0.1, -0.05) is 6.07 Å². The van der Waals surface area contributed by atoms with Crippen molar-refractivity contribution >= 4 is 5.91 Å². The van der Waals surface area contributed by atoms with E-state index >= 15 is 0 Å². The van der Waals surface area contributed by atoms with Crippen LogP contribution in [0.4, 0.5) is 0 Å². The minimum absolute atomic E-state index is 0.0993. The summed E-state index contributed by atoms with van der Waals surface area (Å²) in [5, 5.41) is 15.3. The smallest absolute Gasteiger partial charge is 0.237 e. The molecule has 3 heterocycles. The second kappa shape index (κ2) is 5.68. The minimum atomic E-state index is -0.445. The zero-order valence-corrected chi connectivity index (χ0v) is 12.4. The van der Waals surface area contributed by atoms with Crippen molar-refractivity contribution in [3.05, 3.63) is 35.9 Å². The van der Waals surface area contributed by atoms with E-state index in [1.54, 1.807) is 0 Å². The molecule has 0 radical (unpaired) electrons. The van der Waals surface area contributed by atoms with Crippen LogP contribution in [0, 0.1) is 0 Å². The molecular formula is C16H17N3O4.